The van der Waals surface area contributed by atoms with Crippen LogP contribution in [-0.2, 0) is 12.8 Å². The normalized spacial score (nSPS) is 13.7. The number of rotatable bonds is 5. The van der Waals surface area contributed by atoms with Crippen LogP contribution in [0.2, 0.25) is 0 Å². The van der Waals surface area contributed by atoms with Crippen LogP contribution < -0.4 is 0 Å². The molecule has 0 fully saturated rings. The number of aryl methyl sites for hydroxylation is 1. The molecule has 1 aromatic rings. The van der Waals surface area contributed by atoms with Crippen molar-refractivity contribution < 1.29 is 5.11 Å². The SMILES string of the molecule is CCc1ccc(CC(O)CSC(C)(C)C)nc1. The summed E-state index contributed by atoms with van der Waals surface area (Å²) in [5, 5.41) is 9.93. The van der Waals surface area contributed by atoms with Crippen LogP contribution in [0.5, 0.6) is 0 Å². The van der Waals surface area contributed by atoms with Gasteiger partial charge in [0.05, 0.1) is 6.10 Å². The average Bonchev–Trinajstić information content (AvgIpc) is 2.27. The van der Waals surface area contributed by atoms with Crippen molar-refractivity contribution in [2.24, 2.45) is 0 Å². The molecule has 2 nitrogen and oxygen atoms in total. The third-order valence-corrected chi connectivity index (χ3v) is 3.87. The summed E-state index contributed by atoms with van der Waals surface area (Å²) in [6.07, 6.45) is 3.25. The first kappa shape index (κ1) is 14.5. The van der Waals surface area contributed by atoms with E-state index < -0.39 is 0 Å². The van der Waals surface area contributed by atoms with Crippen molar-refractivity contribution in [3.63, 3.8) is 0 Å². The molecule has 0 saturated heterocycles. The lowest BCUT2D eigenvalue weighted by Gasteiger charge is -2.19. The highest BCUT2D eigenvalue weighted by atomic mass is 32.2. The molecule has 3 heteroatoms. The molecular weight excluding hydrogens is 230 g/mol. The molecule has 0 aliphatic rings. The lowest BCUT2D eigenvalue weighted by atomic mass is 10.1. The summed E-state index contributed by atoms with van der Waals surface area (Å²) in [7, 11) is 0. The van der Waals surface area contributed by atoms with Gasteiger partial charge in [-0.05, 0) is 18.1 Å². The summed E-state index contributed by atoms with van der Waals surface area (Å²) in [6.45, 7) is 8.61. The average molecular weight is 253 g/mol. The van der Waals surface area contributed by atoms with Crippen molar-refractivity contribution in [2.45, 2.75) is 51.4 Å². The second-order valence-electron chi connectivity index (χ2n) is 5.29. The van der Waals surface area contributed by atoms with Crippen LogP contribution in [0.4, 0.5) is 0 Å². The fraction of sp³-hybridized carbons (Fsp3) is 0.643. The van der Waals surface area contributed by atoms with E-state index in [0.717, 1.165) is 17.9 Å². The molecule has 1 rings (SSSR count). The van der Waals surface area contributed by atoms with Gasteiger partial charge in [-0.2, -0.15) is 11.8 Å². The summed E-state index contributed by atoms with van der Waals surface area (Å²) in [4.78, 5) is 4.36. The zero-order valence-corrected chi connectivity index (χ0v) is 12.0. The Hall–Kier alpha value is -0.540. The molecule has 0 spiro atoms. The van der Waals surface area contributed by atoms with Crippen LogP contribution >= 0.6 is 11.8 Å². The Labute approximate surface area is 109 Å². The molecule has 0 aromatic carbocycles. The van der Waals surface area contributed by atoms with Gasteiger partial charge in [0.2, 0.25) is 0 Å². The molecule has 0 amide bonds. The minimum Gasteiger partial charge on any atom is -0.392 e. The molecule has 0 aliphatic heterocycles. The molecule has 1 N–H and O–H groups in total. The number of hydrogen-bond acceptors (Lipinski definition) is 3. The van der Waals surface area contributed by atoms with Crippen molar-refractivity contribution in [3.05, 3.63) is 29.6 Å². The van der Waals surface area contributed by atoms with Crippen molar-refractivity contribution in [1.29, 1.82) is 0 Å². The first-order chi connectivity index (χ1) is 7.90. The van der Waals surface area contributed by atoms with Gasteiger partial charge in [0.25, 0.3) is 0 Å². The van der Waals surface area contributed by atoms with Crippen LogP contribution in [0, 0.1) is 0 Å². The third kappa shape index (κ3) is 6.08. The summed E-state index contributed by atoms with van der Waals surface area (Å²) in [5.74, 6) is 0.765. The van der Waals surface area contributed by atoms with E-state index >= 15 is 0 Å². The maximum atomic E-state index is 9.93. The third-order valence-electron chi connectivity index (χ3n) is 2.45. The summed E-state index contributed by atoms with van der Waals surface area (Å²) in [6, 6.07) is 4.11. The molecule has 1 heterocycles. The Kier molecular flexibility index (Phi) is 5.47. The van der Waals surface area contributed by atoms with Crippen LogP contribution in [0.15, 0.2) is 18.3 Å². The van der Waals surface area contributed by atoms with E-state index in [2.05, 4.69) is 38.7 Å². The van der Waals surface area contributed by atoms with E-state index in [-0.39, 0.29) is 10.9 Å². The largest absolute Gasteiger partial charge is 0.392 e. The number of aliphatic hydroxyl groups is 1. The van der Waals surface area contributed by atoms with Gasteiger partial charge < -0.3 is 5.11 Å². The number of aliphatic hydroxyl groups excluding tert-OH is 1. The monoisotopic (exact) mass is 253 g/mol. The summed E-state index contributed by atoms with van der Waals surface area (Å²) in [5.41, 5.74) is 2.22. The Morgan fingerprint density at radius 1 is 1.35 bits per heavy atom. The van der Waals surface area contributed by atoms with Gasteiger partial charge in [-0.25, -0.2) is 0 Å². The number of aromatic nitrogens is 1. The first-order valence-electron chi connectivity index (χ1n) is 6.16. The highest BCUT2D eigenvalue weighted by Gasteiger charge is 2.14. The minimum atomic E-state index is -0.306. The van der Waals surface area contributed by atoms with E-state index in [1.54, 1.807) is 11.8 Å². The predicted molar refractivity (Wildman–Crippen MR) is 75.5 cm³/mol. The van der Waals surface area contributed by atoms with E-state index in [0.29, 0.717) is 6.42 Å². The fourth-order valence-corrected chi connectivity index (χ4v) is 2.24. The lowest BCUT2D eigenvalue weighted by molar-refractivity contribution is 0.198. The molecule has 17 heavy (non-hydrogen) atoms. The number of hydrogen-bond donors (Lipinski definition) is 1. The van der Waals surface area contributed by atoms with Gasteiger partial charge >= 0.3 is 0 Å². The van der Waals surface area contributed by atoms with Gasteiger partial charge in [0.15, 0.2) is 0 Å². The van der Waals surface area contributed by atoms with Gasteiger partial charge in [0.1, 0.15) is 0 Å². The fourth-order valence-electron chi connectivity index (χ4n) is 1.43. The number of pyridine rings is 1. The van der Waals surface area contributed by atoms with E-state index in [9.17, 15) is 5.11 Å². The second-order valence-corrected chi connectivity index (χ2v) is 7.14. The van der Waals surface area contributed by atoms with Crippen molar-refractivity contribution in [2.75, 3.05) is 5.75 Å². The second kappa shape index (κ2) is 6.41. The Bertz CT molecular complexity index is 329. The highest BCUT2D eigenvalue weighted by molar-refractivity contribution is 8.00. The first-order valence-corrected chi connectivity index (χ1v) is 7.15. The highest BCUT2D eigenvalue weighted by Crippen LogP contribution is 2.24. The summed E-state index contributed by atoms with van der Waals surface area (Å²) < 4.78 is 0.209. The maximum absolute atomic E-state index is 9.93. The molecule has 0 saturated carbocycles. The molecule has 96 valence electrons. The molecule has 1 atom stereocenters. The standard InChI is InChI=1S/C14H23NOS/c1-5-11-6-7-12(15-9-11)8-13(16)10-17-14(2,3)4/h6-7,9,13,16H,5,8,10H2,1-4H3. The number of thioether (sulfide) groups is 1. The summed E-state index contributed by atoms with van der Waals surface area (Å²) >= 11 is 1.79. The van der Waals surface area contributed by atoms with E-state index in [1.165, 1.54) is 5.56 Å². The van der Waals surface area contributed by atoms with Crippen molar-refractivity contribution in [3.8, 4) is 0 Å². The van der Waals surface area contributed by atoms with Crippen LogP contribution in [0.3, 0.4) is 0 Å². The zero-order chi connectivity index (χ0) is 12.9. The quantitative estimate of drug-likeness (QED) is 0.875. The van der Waals surface area contributed by atoms with Crippen LogP contribution in [0.1, 0.15) is 39.0 Å². The van der Waals surface area contributed by atoms with Gasteiger partial charge in [-0.15, -0.1) is 0 Å². The molecule has 0 bridgehead atoms. The van der Waals surface area contributed by atoms with Crippen LogP contribution in [-0.4, -0.2) is 26.7 Å². The van der Waals surface area contributed by atoms with E-state index in [4.69, 9.17) is 0 Å². The minimum absolute atomic E-state index is 0.209. The number of nitrogens with zero attached hydrogens (tertiary/aromatic N) is 1. The van der Waals surface area contributed by atoms with Crippen LogP contribution in [0.25, 0.3) is 0 Å². The van der Waals surface area contributed by atoms with Gasteiger partial charge in [-0.3, -0.25) is 4.98 Å². The Morgan fingerprint density at radius 3 is 2.53 bits per heavy atom. The molecule has 0 aliphatic carbocycles. The predicted octanol–water partition coefficient (Wildman–Crippen LogP) is 3.08. The zero-order valence-electron chi connectivity index (χ0n) is 11.2. The molecule has 0 radical (unpaired) electrons. The smallest absolute Gasteiger partial charge is 0.0686 e. The molecular formula is C14H23NOS. The van der Waals surface area contributed by atoms with Gasteiger partial charge in [0, 0.05) is 28.8 Å². The molecule has 1 aromatic heterocycles. The van der Waals surface area contributed by atoms with Crippen molar-refractivity contribution >= 4 is 11.8 Å². The van der Waals surface area contributed by atoms with Gasteiger partial charge in [-0.1, -0.05) is 33.8 Å². The molecule has 1 unspecified atom stereocenters. The van der Waals surface area contributed by atoms with Crippen molar-refractivity contribution in [1.82, 2.24) is 4.98 Å². The lowest BCUT2D eigenvalue weighted by Crippen LogP contribution is -2.19. The Morgan fingerprint density at radius 2 is 2.06 bits per heavy atom. The topological polar surface area (TPSA) is 33.1 Å². The van der Waals surface area contributed by atoms with E-state index in [1.807, 2.05) is 12.3 Å². The Balaban J connectivity index is 2.42. The maximum Gasteiger partial charge on any atom is 0.0686 e.